The van der Waals surface area contributed by atoms with Crippen molar-refractivity contribution in [2.45, 2.75) is 51.8 Å². The van der Waals surface area contributed by atoms with Crippen LogP contribution >= 0.6 is 0 Å². The Bertz CT molecular complexity index is 273. The highest BCUT2D eigenvalue weighted by molar-refractivity contribution is 5.80. The lowest BCUT2D eigenvalue weighted by atomic mass is 9.95. The smallest absolute Gasteiger partial charge is 0.228 e. The zero-order chi connectivity index (χ0) is 12.4. The van der Waals surface area contributed by atoms with Gasteiger partial charge < -0.3 is 15.0 Å². The number of hydrogen-bond acceptors (Lipinski definition) is 3. The molecule has 4 heteroatoms. The molecule has 2 heterocycles. The van der Waals surface area contributed by atoms with Gasteiger partial charge in [0.2, 0.25) is 5.91 Å². The number of piperazine rings is 1. The molecule has 0 radical (unpaired) electrons. The van der Waals surface area contributed by atoms with Gasteiger partial charge in [-0.2, -0.15) is 0 Å². The van der Waals surface area contributed by atoms with Crippen LogP contribution < -0.4 is 5.32 Å². The van der Waals surface area contributed by atoms with Crippen LogP contribution in [0.1, 0.15) is 33.6 Å². The molecule has 0 aromatic heterocycles. The number of ether oxygens (including phenoxy) is 1. The zero-order valence-electron chi connectivity index (χ0n) is 11.1. The van der Waals surface area contributed by atoms with E-state index < -0.39 is 0 Å². The van der Waals surface area contributed by atoms with Crippen molar-refractivity contribution in [2.24, 2.45) is 5.92 Å². The Balaban J connectivity index is 2.07. The first-order chi connectivity index (χ1) is 8.15. The maximum atomic E-state index is 12.6. The summed E-state index contributed by atoms with van der Waals surface area (Å²) < 4.78 is 5.63. The lowest BCUT2D eigenvalue weighted by Crippen LogP contribution is -2.59. The van der Waals surface area contributed by atoms with E-state index in [0.717, 1.165) is 32.5 Å². The lowest BCUT2D eigenvalue weighted by molar-refractivity contribution is -0.142. The van der Waals surface area contributed by atoms with Gasteiger partial charge in [0.25, 0.3) is 0 Å². The van der Waals surface area contributed by atoms with Crippen LogP contribution in [-0.4, -0.2) is 48.7 Å². The van der Waals surface area contributed by atoms with E-state index >= 15 is 0 Å². The number of carbonyl (C=O) groups excluding carboxylic acids is 1. The summed E-state index contributed by atoms with van der Waals surface area (Å²) in [5.74, 6) is 0.388. The van der Waals surface area contributed by atoms with Crippen LogP contribution in [0.25, 0.3) is 0 Å². The molecule has 0 aromatic rings. The fourth-order valence-corrected chi connectivity index (χ4v) is 3.09. The molecule has 2 saturated heterocycles. The molecular weight excluding hydrogens is 216 g/mol. The second-order valence-electron chi connectivity index (χ2n) is 5.31. The van der Waals surface area contributed by atoms with Gasteiger partial charge in [0.1, 0.15) is 0 Å². The average Bonchev–Trinajstić information content (AvgIpc) is 2.76. The first-order valence-corrected chi connectivity index (χ1v) is 6.79. The van der Waals surface area contributed by atoms with Crippen LogP contribution in [0.4, 0.5) is 0 Å². The summed E-state index contributed by atoms with van der Waals surface area (Å²) in [7, 11) is 0. The van der Waals surface area contributed by atoms with Gasteiger partial charge in [-0.25, -0.2) is 0 Å². The van der Waals surface area contributed by atoms with E-state index in [4.69, 9.17) is 4.74 Å². The molecule has 0 aromatic carbocycles. The molecule has 2 aliphatic rings. The summed E-state index contributed by atoms with van der Waals surface area (Å²) in [6.45, 7) is 8.89. The Morgan fingerprint density at radius 3 is 2.59 bits per heavy atom. The fraction of sp³-hybridized carbons (Fsp3) is 0.923. The highest BCUT2D eigenvalue weighted by atomic mass is 16.5. The minimum absolute atomic E-state index is 0.0861. The van der Waals surface area contributed by atoms with Crippen LogP contribution in [0.2, 0.25) is 0 Å². The Morgan fingerprint density at radius 1 is 1.35 bits per heavy atom. The van der Waals surface area contributed by atoms with Gasteiger partial charge in [0, 0.05) is 31.8 Å². The number of hydrogen-bond donors (Lipinski definition) is 1. The minimum atomic E-state index is 0.0861. The van der Waals surface area contributed by atoms with E-state index in [1.54, 1.807) is 0 Å². The maximum Gasteiger partial charge on any atom is 0.228 e. The maximum absolute atomic E-state index is 12.6. The third kappa shape index (κ3) is 2.47. The number of nitrogens with one attached hydrogen (secondary N) is 1. The Labute approximate surface area is 104 Å². The summed E-state index contributed by atoms with van der Waals surface area (Å²) in [6.07, 6.45) is 1.96. The molecule has 0 saturated carbocycles. The van der Waals surface area contributed by atoms with Gasteiger partial charge in [-0.3, -0.25) is 4.79 Å². The number of amides is 1. The van der Waals surface area contributed by atoms with Gasteiger partial charge in [-0.05, 0) is 26.7 Å². The zero-order valence-corrected chi connectivity index (χ0v) is 11.1. The van der Waals surface area contributed by atoms with Crippen molar-refractivity contribution < 1.29 is 9.53 Å². The monoisotopic (exact) mass is 240 g/mol. The molecule has 4 nitrogen and oxygen atoms in total. The predicted octanol–water partition coefficient (Wildman–Crippen LogP) is 1.01. The summed E-state index contributed by atoms with van der Waals surface area (Å²) in [5.41, 5.74) is 0. The van der Waals surface area contributed by atoms with Crippen LogP contribution in [0.15, 0.2) is 0 Å². The van der Waals surface area contributed by atoms with Crippen molar-refractivity contribution in [2.75, 3.05) is 19.7 Å². The Kier molecular flexibility index (Phi) is 4.05. The third-order valence-corrected chi connectivity index (χ3v) is 4.01. The molecule has 0 spiro atoms. The van der Waals surface area contributed by atoms with Crippen molar-refractivity contribution in [3.05, 3.63) is 0 Å². The van der Waals surface area contributed by atoms with Crippen molar-refractivity contribution in [3.8, 4) is 0 Å². The lowest BCUT2D eigenvalue weighted by Gasteiger charge is -2.41. The van der Waals surface area contributed by atoms with Gasteiger partial charge in [-0.1, -0.05) is 6.92 Å². The van der Waals surface area contributed by atoms with E-state index in [2.05, 4.69) is 31.0 Å². The van der Waals surface area contributed by atoms with Crippen LogP contribution in [0.5, 0.6) is 0 Å². The van der Waals surface area contributed by atoms with E-state index in [1.807, 2.05) is 0 Å². The van der Waals surface area contributed by atoms with Gasteiger partial charge in [-0.15, -0.1) is 0 Å². The van der Waals surface area contributed by atoms with E-state index in [-0.39, 0.29) is 12.0 Å². The average molecular weight is 240 g/mol. The molecule has 98 valence electrons. The molecule has 4 unspecified atom stereocenters. The van der Waals surface area contributed by atoms with Crippen molar-refractivity contribution >= 4 is 5.91 Å². The number of carbonyl (C=O) groups is 1. The SMILES string of the molecule is CCC1OCCC1C(=O)N1C(C)CNCC1C. The first-order valence-electron chi connectivity index (χ1n) is 6.79. The van der Waals surface area contributed by atoms with E-state index in [0.29, 0.717) is 18.0 Å². The second kappa shape index (κ2) is 5.36. The normalized spacial score (nSPS) is 38.4. The van der Waals surface area contributed by atoms with Gasteiger partial charge in [0.05, 0.1) is 12.0 Å². The number of nitrogens with zero attached hydrogens (tertiary/aromatic N) is 1. The molecule has 4 atom stereocenters. The molecule has 17 heavy (non-hydrogen) atoms. The molecule has 0 bridgehead atoms. The fourth-order valence-electron chi connectivity index (χ4n) is 3.09. The standard InChI is InChI=1S/C13H24N2O2/c1-4-12-11(5-6-17-12)13(16)15-9(2)7-14-8-10(15)3/h9-12,14H,4-8H2,1-3H3. The van der Waals surface area contributed by atoms with Crippen LogP contribution in [-0.2, 0) is 9.53 Å². The van der Waals surface area contributed by atoms with Crippen molar-refractivity contribution in [3.63, 3.8) is 0 Å². The van der Waals surface area contributed by atoms with Gasteiger partial charge in [0.15, 0.2) is 0 Å². The molecular formula is C13H24N2O2. The summed E-state index contributed by atoms with van der Waals surface area (Å²) >= 11 is 0. The largest absolute Gasteiger partial charge is 0.377 e. The summed E-state index contributed by atoms with van der Waals surface area (Å²) in [5, 5.41) is 3.36. The highest BCUT2D eigenvalue weighted by Gasteiger charge is 2.39. The topological polar surface area (TPSA) is 41.6 Å². The predicted molar refractivity (Wildman–Crippen MR) is 66.8 cm³/mol. The second-order valence-corrected chi connectivity index (χ2v) is 5.31. The Hall–Kier alpha value is -0.610. The molecule has 2 aliphatic heterocycles. The van der Waals surface area contributed by atoms with E-state index in [1.165, 1.54) is 0 Å². The molecule has 1 amide bonds. The summed E-state index contributed by atoms with van der Waals surface area (Å²) in [6, 6.07) is 0.591. The number of rotatable bonds is 2. The summed E-state index contributed by atoms with van der Waals surface area (Å²) in [4.78, 5) is 14.7. The molecule has 1 N–H and O–H groups in total. The quantitative estimate of drug-likeness (QED) is 0.783. The third-order valence-electron chi connectivity index (χ3n) is 4.01. The molecule has 2 fully saturated rings. The van der Waals surface area contributed by atoms with Crippen LogP contribution in [0.3, 0.4) is 0 Å². The van der Waals surface area contributed by atoms with Crippen molar-refractivity contribution in [1.29, 1.82) is 0 Å². The molecule has 2 rings (SSSR count). The Morgan fingerprint density at radius 2 is 2.00 bits per heavy atom. The van der Waals surface area contributed by atoms with Crippen molar-refractivity contribution in [1.82, 2.24) is 10.2 Å². The van der Waals surface area contributed by atoms with Crippen LogP contribution in [0, 0.1) is 5.92 Å². The first kappa shape index (κ1) is 12.8. The minimum Gasteiger partial charge on any atom is -0.377 e. The van der Waals surface area contributed by atoms with Gasteiger partial charge >= 0.3 is 0 Å². The molecule has 0 aliphatic carbocycles. The van der Waals surface area contributed by atoms with E-state index in [9.17, 15) is 4.79 Å². The highest BCUT2D eigenvalue weighted by Crippen LogP contribution is 2.27.